The lowest BCUT2D eigenvalue weighted by Gasteiger charge is -2.22. The second kappa shape index (κ2) is 11.1. The summed E-state index contributed by atoms with van der Waals surface area (Å²) in [5.74, 6) is -2.08. The number of methoxy groups -OCH3 is 1. The second-order valence-electron chi connectivity index (χ2n) is 7.03. The minimum absolute atomic E-state index is 0.192. The first-order valence-corrected chi connectivity index (χ1v) is 9.91. The number of rotatable bonds is 8. The van der Waals surface area contributed by atoms with E-state index in [-0.39, 0.29) is 18.0 Å². The molecule has 2 aromatic carbocycles. The van der Waals surface area contributed by atoms with Crippen LogP contribution in [0.5, 0.6) is 0 Å². The predicted molar refractivity (Wildman–Crippen MR) is 117 cm³/mol. The molecule has 31 heavy (non-hydrogen) atoms. The number of amides is 3. The Morgan fingerprint density at radius 1 is 0.968 bits per heavy atom. The Balaban J connectivity index is 2.06. The monoisotopic (exact) mass is 445 g/mol. The molecule has 0 radical (unpaired) electrons. The van der Waals surface area contributed by atoms with E-state index >= 15 is 0 Å². The van der Waals surface area contributed by atoms with Gasteiger partial charge >= 0.3 is 5.97 Å². The van der Waals surface area contributed by atoms with E-state index in [1.165, 1.54) is 13.2 Å². The Bertz CT molecular complexity index is 960. The number of nitrogens with one attached hydrogen (secondary N) is 3. The maximum Gasteiger partial charge on any atom is 0.325 e. The van der Waals surface area contributed by atoms with Gasteiger partial charge in [-0.25, -0.2) is 0 Å². The van der Waals surface area contributed by atoms with Gasteiger partial charge in [-0.15, -0.1) is 0 Å². The summed E-state index contributed by atoms with van der Waals surface area (Å²) in [6, 6.07) is 11.8. The molecule has 0 saturated carbocycles. The summed E-state index contributed by atoms with van der Waals surface area (Å²) in [6.07, 6.45) is 0. The minimum atomic E-state index is -0.806. The molecule has 0 aromatic heterocycles. The van der Waals surface area contributed by atoms with Gasteiger partial charge in [0.25, 0.3) is 11.8 Å². The summed E-state index contributed by atoms with van der Waals surface area (Å²) >= 11 is 5.84. The molecule has 1 unspecified atom stereocenters. The van der Waals surface area contributed by atoms with E-state index in [4.69, 9.17) is 11.6 Å². The van der Waals surface area contributed by atoms with Gasteiger partial charge in [0.15, 0.2) is 0 Å². The molecule has 0 fully saturated rings. The van der Waals surface area contributed by atoms with Crippen LogP contribution in [0.15, 0.2) is 48.5 Å². The Kier molecular flexibility index (Phi) is 8.57. The van der Waals surface area contributed by atoms with Crippen molar-refractivity contribution in [1.29, 1.82) is 0 Å². The first-order chi connectivity index (χ1) is 14.7. The van der Waals surface area contributed by atoms with Gasteiger partial charge in [-0.2, -0.15) is 0 Å². The van der Waals surface area contributed by atoms with Crippen LogP contribution in [-0.2, 0) is 14.3 Å². The van der Waals surface area contributed by atoms with Crippen LogP contribution in [0, 0.1) is 5.92 Å². The normalized spacial score (nSPS) is 11.4. The predicted octanol–water partition coefficient (Wildman–Crippen LogP) is 2.64. The van der Waals surface area contributed by atoms with E-state index in [0.29, 0.717) is 16.3 Å². The van der Waals surface area contributed by atoms with Crippen LogP contribution in [0.3, 0.4) is 0 Å². The summed E-state index contributed by atoms with van der Waals surface area (Å²) in [7, 11) is 1.22. The minimum Gasteiger partial charge on any atom is -0.468 e. The summed E-state index contributed by atoms with van der Waals surface area (Å²) in [4.78, 5) is 48.6. The fourth-order valence-corrected chi connectivity index (χ4v) is 2.77. The SMILES string of the molecule is COC(=O)CNC(=O)c1cccc(NC(=O)C(NC(=O)c2ccc(Cl)cc2)C(C)C)c1. The third-order valence-corrected chi connectivity index (χ3v) is 4.61. The van der Waals surface area contributed by atoms with Crippen molar-refractivity contribution >= 4 is 41.0 Å². The summed E-state index contributed by atoms with van der Waals surface area (Å²) in [6.45, 7) is 3.35. The van der Waals surface area contributed by atoms with Gasteiger partial charge in [-0.3, -0.25) is 19.2 Å². The van der Waals surface area contributed by atoms with E-state index in [2.05, 4.69) is 20.7 Å². The first kappa shape index (κ1) is 23.9. The number of anilines is 1. The van der Waals surface area contributed by atoms with Crippen LogP contribution in [0.2, 0.25) is 5.02 Å². The molecule has 2 aromatic rings. The van der Waals surface area contributed by atoms with Crippen molar-refractivity contribution < 1.29 is 23.9 Å². The average Bonchev–Trinajstić information content (AvgIpc) is 2.75. The lowest BCUT2D eigenvalue weighted by atomic mass is 10.0. The number of hydrogen-bond donors (Lipinski definition) is 3. The number of benzene rings is 2. The molecular weight excluding hydrogens is 422 g/mol. The number of hydrogen-bond acceptors (Lipinski definition) is 5. The highest BCUT2D eigenvalue weighted by Gasteiger charge is 2.25. The smallest absolute Gasteiger partial charge is 0.325 e. The highest BCUT2D eigenvalue weighted by Crippen LogP contribution is 2.14. The quantitative estimate of drug-likeness (QED) is 0.540. The molecule has 9 heteroatoms. The van der Waals surface area contributed by atoms with Gasteiger partial charge in [0.1, 0.15) is 12.6 Å². The Morgan fingerprint density at radius 3 is 2.26 bits per heavy atom. The number of esters is 1. The van der Waals surface area contributed by atoms with Gasteiger partial charge in [-0.1, -0.05) is 31.5 Å². The van der Waals surface area contributed by atoms with Crippen LogP contribution in [-0.4, -0.2) is 43.4 Å². The van der Waals surface area contributed by atoms with E-state index in [1.807, 2.05) is 13.8 Å². The van der Waals surface area contributed by atoms with E-state index in [0.717, 1.165) is 0 Å². The Hall–Kier alpha value is -3.39. The molecule has 1 atom stereocenters. The average molecular weight is 446 g/mol. The van der Waals surface area contributed by atoms with Crippen molar-refractivity contribution in [2.45, 2.75) is 19.9 Å². The molecule has 3 amide bonds. The van der Waals surface area contributed by atoms with Gasteiger partial charge in [0.05, 0.1) is 7.11 Å². The van der Waals surface area contributed by atoms with Gasteiger partial charge in [-0.05, 0) is 48.4 Å². The number of carbonyl (C=O) groups excluding carboxylic acids is 4. The molecule has 0 heterocycles. The van der Waals surface area contributed by atoms with Gasteiger partial charge < -0.3 is 20.7 Å². The molecule has 0 aliphatic rings. The van der Waals surface area contributed by atoms with Gasteiger partial charge in [0.2, 0.25) is 5.91 Å². The zero-order chi connectivity index (χ0) is 23.0. The maximum absolute atomic E-state index is 12.8. The molecule has 0 bridgehead atoms. The molecule has 2 rings (SSSR count). The largest absolute Gasteiger partial charge is 0.468 e. The van der Waals surface area contributed by atoms with E-state index in [1.54, 1.807) is 42.5 Å². The summed E-state index contributed by atoms with van der Waals surface area (Å²) in [5, 5.41) is 8.37. The lowest BCUT2D eigenvalue weighted by molar-refractivity contribution is -0.139. The molecule has 0 aliphatic carbocycles. The van der Waals surface area contributed by atoms with Crippen molar-refractivity contribution in [3.63, 3.8) is 0 Å². The number of ether oxygens (including phenoxy) is 1. The number of carbonyl (C=O) groups is 4. The molecule has 3 N–H and O–H groups in total. The standard InChI is InChI=1S/C22H24ClN3O5/c1-13(2)19(26-21(29)14-7-9-16(23)10-8-14)22(30)25-17-6-4-5-15(11-17)20(28)24-12-18(27)31-3/h4-11,13,19H,12H2,1-3H3,(H,24,28)(H,25,30)(H,26,29). The zero-order valence-electron chi connectivity index (χ0n) is 17.4. The topological polar surface area (TPSA) is 114 Å². The molecule has 0 spiro atoms. The molecule has 164 valence electrons. The van der Waals surface area contributed by atoms with Crippen molar-refractivity contribution in [2.75, 3.05) is 19.0 Å². The third kappa shape index (κ3) is 7.11. The maximum atomic E-state index is 12.8. The fraction of sp³-hybridized carbons (Fsp3) is 0.273. The zero-order valence-corrected chi connectivity index (χ0v) is 18.2. The van der Waals surface area contributed by atoms with E-state index in [9.17, 15) is 19.2 Å². The van der Waals surface area contributed by atoms with Crippen molar-refractivity contribution in [2.24, 2.45) is 5.92 Å². The first-order valence-electron chi connectivity index (χ1n) is 9.53. The second-order valence-corrected chi connectivity index (χ2v) is 7.47. The fourth-order valence-electron chi connectivity index (χ4n) is 2.65. The highest BCUT2D eigenvalue weighted by atomic mass is 35.5. The third-order valence-electron chi connectivity index (χ3n) is 4.36. The molecular formula is C22H24ClN3O5. The molecule has 8 nitrogen and oxygen atoms in total. The van der Waals surface area contributed by atoms with Crippen LogP contribution in [0.4, 0.5) is 5.69 Å². The van der Waals surface area contributed by atoms with Crippen LogP contribution >= 0.6 is 11.6 Å². The summed E-state index contributed by atoms with van der Waals surface area (Å²) < 4.78 is 4.48. The summed E-state index contributed by atoms with van der Waals surface area (Å²) in [5.41, 5.74) is 1.02. The lowest BCUT2D eigenvalue weighted by Crippen LogP contribution is -2.47. The molecule has 0 aliphatic heterocycles. The highest BCUT2D eigenvalue weighted by molar-refractivity contribution is 6.30. The Morgan fingerprint density at radius 2 is 1.65 bits per heavy atom. The number of halogens is 1. The van der Waals surface area contributed by atoms with Crippen molar-refractivity contribution in [3.8, 4) is 0 Å². The van der Waals surface area contributed by atoms with Crippen LogP contribution in [0.1, 0.15) is 34.6 Å². The molecule has 0 saturated heterocycles. The Labute approximate surface area is 185 Å². The van der Waals surface area contributed by atoms with Crippen molar-refractivity contribution in [1.82, 2.24) is 10.6 Å². The van der Waals surface area contributed by atoms with Crippen LogP contribution < -0.4 is 16.0 Å². The van der Waals surface area contributed by atoms with Crippen LogP contribution in [0.25, 0.3) is 0 Å². The van der Waals surface area contributed by atoms with Gasteiger partial charge in [0, 0.05) is 21.8 Å². The van der Waals surface area contributed by atoms with E-state index < -0.39 is 29.7 Å². The van der Waals surface area contributed by atoms with Crippen molar-refractivity contribution in [3.05, 3.63) is 64.7 Å².